The number of benzene rings is 2. The van der Waals surface area contributed by atoms with Gasteiger partial charge in [0, 0.05) is 5.56 Å². The first kappa shape index (κ1) is 19.8. The van der Waals surface area contributed by atoms with Gasteiger partial charge in [-0.1, -0.05) is 35.9 Å². The van der Waals surface area contributed by atoms with Crippen LogP contribution < -0.4 is 16.7 Å². The second kappa shape index (κ2) is 7.97. The van der Waals surface area contributed by atoms with Crippen molar-refractivity contribution in [2.75, 3.05) is 0 Å². The van der Waals surface area contributed by atoms with E-state index in [0.717, 1.165) is 27.5 Å². The van der Waals surface area contributed by atoms with Crippen molar-refractivity contribution in [1.82, 2.24) is 15.0 Å². The number of aromatic nitrogens is 2. The molecule has 0 atom stereocenters. The fraction of sp³-hybridized carbons (Fsp3) is 0.143. The number of amides is 1. The highest BCUT2D eigenvalue weighted by Crippen LogP contribution is 2.23. The van der Waals surface area contributed by atoms with Crippen molar-refractivity contribution in [2.45, 2.75) is 20.8 Å². The van der Waals surface area contributed by atoms with Crippen LogP contribution in [-0.2, 0) is 0 Å². The van der Waals surface area contributed by atoms with Crippen molar-refractivity contribution >= 4 is 12.1 Å². The average molecular weight is 392 g/mol. The molecule has 0 aliphatic heterocycles. The number of hydrogen-bond donors (Lipinski definition) is 3. The Kier molecular flexibility index (Phi) is 5.45. The van der Waals surface area contributed by atoms with Crippen LogP contribution in [0.2, 0.25) is 0 Å². The summed E-state index contributed by atoms with van der Waals surface area (Å²) in [4.78, 5) is 38.8. The fourth-order valence-corrected chi connectivity index (χ4v) is 3.20. The molecule has 0 saturated heterocycles. The van der Waals surface area contributed by atoms with E-state index in [-0.39, 0.29) is 5.56 Å². The van der Waals surface area contributed by atoms with Gasteiger partial charge in [-0.2, -0.15) is 5.10 Å². The van der Waals surface area contributed by atoms with Crippen molar-refractivity contribution in [3.05, 3.63) is 91.1 Å². The van der Waals surface area contributed by atoms with Crippen molar-refractivity contribution < 1.29 is 9.90 Å². The van der Waals surface area contributed by atoms with Crippen molar-refractivity contribution in [3.63, 3.8) is 0 Å². The quantitative estimate of drug-likeness (QED) is 0.464. The highest BCUT2D eigenvalue weighted by Gasteiger charge is 2.17. The molecule has 1 aromatic heterocycles. The molecular weight excluding hydrogens is 372 g/mol. The van der Waals surface area contributed by atoms with E-state index < -0.39 is 23.0 Å². The Morgan fingerprint density at radius 2 is 1.72 bits per heavy atom. The summed E-state index contributed by atoms with van der Waals surface area (Å²) in [6.07, 6.45) is 1.00. The monoisotopic (exact) mass is 392 g/mol. The number of nitrogens with zero attached hydrogens (tertiary/aromatic N) is 2. The number of hydrogen-bond acceptors (Lipinski definition) is 5. The first-order chi connectivity index (χ1) is 13.8. The van der Waals surface area contributed by atoms with E-state index in [4.69, 9.17) is 0 Å². The Balaban J connectivity index is 2.02. The Labute approximate surface area is 166 Å². The molecule has 0 unspecified atom stereocenters. The lowest BCUT2D eigenvalue weighted by atomic mass is 10.0. The van der Waals surface area contributed by atoms with Crippen LogP contribution in [0.25, 0.3) is 5.69 Å². The lowest BCUT2D eigenvalue weighted by Gasteiger charge is -2.15. The predicted molar refractivity (Wildman–Crippen MR) is 110 cm³/mol. The lowest BCUT2D eigenvalue weighted by Crippen LogP contribution is -2.32. The number of carbonyl (C=O) groups is 1. The maximum Gasteiger partial charge on any atom is 0.335 e. The summed E-state index contributed by atoms with van der Waals surface area (Å²) in [5.41, 5.74) is 3.82. The van der Waals surface area contributed by atoms with Gasteiger partial charge in [0.25, 0.3) is 11.5 Å². The third-order valence-corrected chi connectivity index (χ3v) is 4.38. The minimum Gasteiger partial charge on any atom is -0.493 e. The Bertz CT molecular complexity index is 1200. The van der Waals surface area contributed by atoms with E-state index in [1.807, 2.05) is 19.1 Å². The summed E-state index contributed by atoms with van der Waals surface area (Å²) in [7, 11) is 0. The van der Waals surface area contributed by atoms with Gasteiger partial charge in [-0.25, -0.2) is 14.8 Å². The molecule has 1 heterocycles. The van der Waals surface area contributed by atoms with Crippen LogP contribution in [0.4, 0.5) is 0 Å². The highest BCUT2D eigenvalue weighted by atomic mass is 16.3. The summed E-state index contributed by atoms with van der Waals surface area (Å²) in [6.45, 7) is 5.53. The Hall–Kier alpha value is -3.94. The van der Waals surface area contributed by atoms with E-state index in [1.165, 1.54) is 0 Å². The molecule has 0 saturated carbocycles. The molecule has 0 bridgehead atoms. The lowest BCUT2D eigenvalue weighted by molar-refractivity contribution is 0.0955. The van der Waals surface area contributed by atoms with E-state index >= 15 is 0 Å². The number of H-pyrrole nitrogens is 1. The largest absolute Gasteiger partial charge is 0.493 e. The summed E-state index contributed by atoms with van der Waals surface area (Å²) >= 11 is 0. The first-order valence-corrected chi connectivity index (χ1v) is 8.84. The van der Waals surface area contributed by atoms with Gasteiger partial charge in [0.15, 0.2) is 0 Å². The summed E-state index contributed by atoms with van der Waals surface area (Å²) in [5.74, 6) is -1.04. The molecular formula is C21H20N4O4. The first-order valence-electron chi connectivity index (χ1n) is 8.84. The number of aromatic hydroxyl groups is 1. The highest BCUT2D eigenvalue weighted by molar-refractivity contribution is 5.95. The Morgan fingerprint density at radius 3 is 2.34 bits per heavy atom. The predicted octanol–water partition coefficient (Wildman–Crippen LogP) is 1.92. The molecule has 8 nitrogen and oxygen atoms in total. The van der Waals surface area contributed by atoms with Crippen LogP contribution in [0.15, 0.2) is 57.2 Å². The van der Waals surface area contributed by atoms with Gasteiger partial charge in [-0.3, -0.25) is 14.6 Å². The number of carbonyl (C=O) groups excluding carboxylic acids is 1. The van der Waals surface area contributed by atoms with Gasteiger partial charge in [0.05, 0.1) is 11.9 Å². The zero-order valence-electron chi connectivity index (χ0n) is 16.2. The smallest absolute Gasteiger partial charge is 0.335 e. The van der Waals surface area contributed by atoms with E-state index in [0.29, 0.717) is 11.3 Å². The molecule has 0 aliphatic carbocycles. The van der Waals surface area contributed by atoms with Gasteiger partial charge in [-0.05, 0) is 44.0 Å². The zero-order chi connectivity index (χ0) is 21.1. The molecule has 1 amide bonds. The van der Waals surface area contributed by atoms with Gasteiger partial charge >= 0.3 is 5.69 Å². The molecule has 3 N–H and O–H groups in total. The molecule has 0 fully saturated rings. The van der Waals surface area contributed by atoms with Crippen LogP contribution in [-0.4, -0.2) is 26.8 Å². The molecule has 0 spiro atoms. The van der Waals surface area contributed by atoms with Crippen LogP contribution in [0.5, 0.6) is 5.88 Å². The number of aryl methyl sites for hydroxylation is 3. The number of aromatic amines is 1. The number of nitrogens with one attached hydrogen (secondary N) is 2. The van der Waals surface area contributed by atoms with Gasteiger partial charge in [0.2, 0.25) is 5.88 Å². The number of rotatable bonds is 4. The van der Waals surface area contributed by atoms with Crippen LogP contribution >= 0.6 is 0 Å². The topological polar surface area (TPSA) is 117 Å². The van der Waals surface area contributed by atoms with Crippen LogP contribution in [0.3, 0.4) is 0 Å². The molecule has 29 heavy (non-hydrogen) atoms. The molecule has 148 valence electrons. The SMILES string of the molecule is Cc1cc(C)c(-n2c(O)c(C=NNC(=O)c3ccccc3)c(=O)[nH]c2=O)c(C)c1. The fourth-order valence-electron chi connectivity index (χ4n) is 3.20. The second-order valence-electron chi connectivity index (χ2n) is 6.64. The molecule has 3 aromatic rings. The molecule has 8 heteroatoms. The summed E-state index contributed by atoms with van der Waals surface area (Å²) in [5, 5.41) is 14.4. The van der Waals surface area contributed by atoms with Crippen LogP contribution in [0.1, 0.15) is 32.6 Å². The van der Waals surface area contributed by atoms with Crippen molar-refractivity contribution in [3.8, 4) is 11.6 Å². The third-order valence-electron chi connectivity index (χ3n) is 4.38. The Morgan fingerprint density at radius 1 is 1.10 bits per heavy atom. The maximum atomic E-state index is 12.4. The molecule has 0 aliphatic rings. The molecule has 3 rings (SSSR count). The number of hydrazone groups is 1. The second-order valence-corrected chi connectivity index (χ2v) is 6.64. The minimum atomic E-state index is -0.816. The van der Waals surface area contributed by atoms with Gasteiger partial charge in [-0.15, -0.1) is 0 Å². The van der Waals surface area contributed by atoms with E-state index in [2.05, 4.69) is 15.5 Å². The van der Waals surface area contributed by atoms with E-state index in [1.54, 1.807) is 44.2 Å². The standard InChI is InChI=1S/C21H20N4O4/c1-12-9-13(2)17(14(3)10-12)25-20(28)16(19(27)23-21(25)29)11-22-24-18(26)15-7-5-4-6-8-15/h4-11,28H,1-3H3,(H,24,26)(H,23,27,29). The van der Waals surface area contributed by atoms with Crippen molar-refractivity contribution in [1.29, 1.82) is 0 Å². The minimum absolute atomic E-state index is 0.252. The van der Waals surface area contributed by atoms with Crippen molar-refractivity contribution in [2.24, 2.45) is 5.10 Å². The summed E-state index contributed by atoms with van der Waals surface area (Å²) in [6, 6.07) is 12.1. The van der Waals surface area contributed by atoms with E-state index in [9.17, 15) is 19.5 Å². The molecule has 2 aromatic carbocycles. The average Bonchev–Trinajstić information content (AvgIpc) is 2.66. The van der Waals surface area contributed by atoms with Crippen LogP contribution in [0, 0.1) is 20.8 Å². The summed E-state index contributed by atoms with van der Waals surface area (Å²) < 4.78 is 1.02. The third kappa shape index (κ3) is 4.01. The molecule has 0 radical (unpaired) electrons. The zero-order valence-corrected chi connectivity index (χ0v) is 16.2. The van der Waals surface area contributed by atoms with Gasteiger partial charge < -0.3 is 5.11 Å². The normalized spacial score (nSPS) is 11.0. The maximum absolute atomic E-state index is 12.4. The van der Waals surface area contributed by atoms with Gasteiger partial charge in [0.1, 0.15) is 5.56 Å².